The van der Waals surface area contributed by atoms with E-state index in [1.165, 1.54) is 12.0 Å². The van der Waals surface area contributed by atoms with E-state index < -0.39 is 0 Å². The predicted octanol–water partition coefficient (Wildman–Crippen LogP) is 3.29. The number of rotatable bonds is 4. The Balaban J connectivity index is 1.60. The molecule has 1 saturated carbocycles. The molecule has 0 radical (unpaired) electrons. The minimum atomic E-state index is 0.324. The number of pyridine rings is 1. The highest BCUT2D eigenvalue weighted by molar-refractivity contribution is 5.28. The topological polar surface area (TPSA) is 24.9 Å². The number of aromatic nitrogens is 1. The van der Waals surface area contributed by atoms with Crippen LogP contribution in [0.4, 0.5) is 0 Å². The summed E-state index contributed by atoms with van der Waals surface area (Å²) in [4.78, 5) is 4.39. The zero-order chi connectivity index (χ0) is 12.4. The van der Waals surface area contributed by atoms with Crippen LogP contribution in [0.2, 0.25) is 0 Å². The van der Waals surface area contributed by atoms with Crippen molar-refractivity contribution in [1.82, 2.24) is 10.3 Å². The summed E-state index contributed by atoms with van der Waals surface area (Å²) in [6.45, 7) is 2.18. The van der Waals surface area contributed by atoms with Crippen LogP contribution in [0, 0.1) is 0 Å². The van der Waals surface area contributed by atoms with Gasteiger partial charge >= 0.3 is 0 Å². The van der Waals surface area contributed by atoms with Crippen molar-refractivity contribution in [2.45, 2.75) is 31.3 Å². The lowest BCUT2D eigenvalue weighted by molar-refractivity contribution is 0.550. The van der Waals surface area contributed by atoms with Gasteiger partial charge in [-0.3, -0.25) is 4.98 Å². The first kappa shape index (κ1) is 11.4. The van der Waals surface area contributed by atoms with Crippen molar-refractivity contribution in [2.24, 2.45) is 0 Å². The molecule has 18 heavy (non-hydrogen) atoms. The molecule has 92 valence electrons. The van der Waals surface area contributed by atoms with Gasteiger partial charge in [0.05, 0.1) is 5.69 Å². The molecule has 1 heterocycles. The standard InChI is InChI=1S/C16H18N2/c1-12(15-9-5-6-10-17-15)18-16-11-14(16)13-7-3-2-4-8-13/h2-10,12,14,16,18H,11H2,1H3. The van der Waals surface area contributed by atoms with Gasteiger partial charge in [-0.25, -0.2) is 0 Å². The fourth-order valence-electron chi connectivity index (χ4n) is 2.49. The Morgan fingerprint density at radius 3 is 2.61 bits per heavy atom. The molecule has 0 amide bonds. The van der Waals surface area contributed by atoms with Crippen LogP contribution in [0.15, 0.2) is 54.7 Å². The molecular weight excluding hydrogens is 220 g/mol. The summed E-state index contributed by atoms with van der Waals surface area (Å²) >= 11 is 0. The number of nitrogens with one attached hydrogen (secondary N) is 1. The van der Waals surface area contributed by atoms with E-state index in [9.17, 15) is 0 Å². The second-order valence-electron chi connectivity index (χ2n) is 5.00. The number of hydrogen-bond acceptors (Lipinski definition) is 2. The van der Waals surface area contributed by atoms with Gasteiger partial charge in [0.1, 0.15) is 0 Å². The molecule has 1 aromatic heterocycles. The molecular formula is C16H18N2. The smallest absolute Gasteiger partial charge is 0.0570 e. The van der Waals surface area contributed by atoms with Gasteiger partial charge in [-0.05, 0) is 31.0 Å². The highest BCUT2D eigenvalue weighted by Crippen LogP contribution is 2.41. The summed E-state index contributed by atoms with van der Waals surface area (Å²) in [5.74, 6) is 0.678. The van der Waals surface area contributed by atoms with Crippen molar-refractivity contribution in [3.05, 3.63) is 66.0 Å². The van der Waals surface area contributed by atoms with Gasteiger partial charge in [0, 0.05) is 24.2 Å². The molecule has 2 heteroatoms. The molecule has 3 atom stereocenters. The average molecular weight is 238 g/mol. The first-order valence-electron chi connectivity index (χ1n) is 6.56. The first-order valence-corrected chi connectivity index (χ1v) is 6.56. The predicted molar refractivity (Wildman–Crippen MR) is 73.4 cm³/mol. The third-order valence-corrected chi connectivity index (χ3v) is 3.61. The van der Waals surface area contributed by atoms with Crippen LogP contribution >= 0.6 is 0 Å². The lowest BCUT2D eigenvalue weighted by Crippen LogP contribution is -2.22. The third-order valence-electron chi connectivity index (χ3n) is 3.61. The van der Waals surface area contributed by atoms with Crippen LogP contribution in [0.3, 0.4) is 0 Å². The van der Waals surface area contributed by atoms with Crippen LogP contribution in [-0.4, -0.2) is 11.0 Å². The van der Waals surface area contributed by atoms with Crippen molar-refractivity contribution in [3.8, 4) is 0 Å². The van der Waals surface area contributed by atoms with Crippen molar-refractivity contribution in [1.29, 1.82) is 0 Å². The fraction of sp³-hybridized carbons (Fsp3) is 0.312. The summed E-state index contributed by atoms with van der Waals surface area (Å²) in [7, 11) is 0. The van der Waals surface area contributed by atoms with Gasteiger partial charge in [0.25, 0.3) is 0 Å². The molecule has 1 aliphatic carbocycles. The van der Waals surface area contributed by atoms with Crippen molar-refractivity contribution in [3.63, 3.8) is 0 Å². The maximum absolute atomic E-state index is 4.39. The lowest BCUT2D eigenvalue weighted by atomic mass is 10.1. The minimum absolute atomic E-state index is 0.324. The van der Waals surface area contributed by atoms with E-state index in [2.05, 4.69) is 53.6 Å². The van der Waals surface area contributed by atoms with E-state index in [0.717, 1.165) is 5.69 Å². The Labute approximate surface area is 108 Å². The van der Waals surface area contributed by atoms with E-state index in [4.69, 9.17) is 0 Å². The molecule has 0 bridgehead atoms. The molecule has 2 aromatic rings. The highest BCUT2D eigenvalue weighted by atomic mass is 15.0. The zero-order valence-corrected chi connectivity index (χ0v) is 10.6. The van der Waals surface area contributed by atoms with E-state index in [0.29, 0.717) is 18.0 Å². The van der Waals surface area contributed by atoms with E-state index in [1.807, 2.05) is 18.3 Å². The van der Waals surface area contributed by atoms with Gasteiger partial charge in [-0.2, -0.15) is 0 Å². The minimum Gasteiger partial charge on any atom is -0.305 e. The van der Waals surface area contributed by atoms with E-state index in [1.54, 1.807) is 0 Å². The Bertz CT molecular complexity index is 495. The van der Waals surface area contributed by atoms with Gasteiger partial charge in [-0.15, -0.1) is 0 Å². The van der Waals surface area contributed by atoms with Gasteiger partial charge in [0.15, 0.2) is 0 Å². The zero-order valence-electron chi connectivity index (χ0n) is 10.6. The number of nitrogens with zero attached hydrogens (tertiary/aromatic N) is 1. The van der Waals surface area contributed by atoms with Gasteiger partial charge in [0.2, 0.25) is 0 Å². The monoisotopic (exact) mass is 238 g/mol. The molecule has 0 spiro atoms. The maximum atomic E-state index is 4.39. The van der Waals surface area contributed by atoms with Crippen LogP contribution < -0.4 is 5.32 Å². The fourth-order valence-corrected chi connectivity index (χ4v) is 2.49. The van der Waals surface area contributed by atoms with Gasteiger partial charge < -0.3 is 5.32 Å². The molecule has 1 aliphatic rings. The van der Waals surface area contributed by atoms with Crippen LogP contribution in [-0.2, 0) is 0 Å². The molecule has 1 aromatic carbocycles. The summed E-state index contributed by atoms with van der Waals surface area (Å²) in [5.41, 5.74) is 2.57. The Morgan fingerprint density at radius 2 is 1.89 bits per heavy atom. The molecule has 1 N–H and O–H groups in total. The molecule has 3 rings (SSSR count). The largest absolute Gasteiger partial charge is 0.305 e. The molecule has 1 fully saturated rings. The Kier molecular flexibility index (Phi) is 3.11. The van der Waals surface area contributed by atoms with Crippen LogP contribution in [0.1, 0.15) is 36.6 Å². The second kappa shape index (κ2) is 4.91. The second-order valence-corrected chi connectivity index (χ2v) is 5.00. The average Bonchev–Trinajstić information content (AvgIpc) is 3.20. The normalized spacial score (nSPS) is 23.6. The van der Waals surface area contributed by atoms with Crippen molar-refractivity contribution in [2.75, 3.05) is 0 Å². The quantitative estimate of drug-likeness (QED) is 0.884. The Hall–Kier alpha value is -1.67. The Morgan fingerprint density at radius 1 is 1.11 bits per heavy atom. The summed E-state index contributed by atoms with van der Waals surface area (Å²) < 4.78 is 0. The maximum Gasteiger partial charge on any atom is 0.0570 e. The van der Waals surface area contributed by atoms with Crippen molar-refractivity contribution >= 4 is 0 Å². The number of hydrogen-bond donors (Lipinski definition) is 1. The lowest BCUT2D eigenvalue weighted by Gasteiger charge is -2.13. The molecule has 3 unspecified atom stereocenters. The van der Waals surface area contributed by atoms with Crippen LogP contribution in [0.25, 0.3) is 0 Å². The van der Waals surface area contributed by atoms with E-state index >= 15 is 0 Å². The molecule has 0 aliphatic heterocycles. The number of benzene rings is 1. The van der Waals surface area contributed by atoms with Gasteiger partial charge in [-0.1, -0.05) is 36.4 Å². The highest BCUT2D eigenvalue weighted by Gasteiger charge is 2.38. The summed E-state index contributed by atoms with van der Waals surface area (Å²) in [6.07, 6.45) is 3.09. The molecule has 0 saturated heterocycles. The molecule has 2 nitrogen and oxygen atoms in total. The first-order chi connectivity index (χ1) is 8.84. The van der Waals surface area contributed by atoms with Crippen LogP contribution in [0.5, 0.6) is 0 Å². The third kappa shape index (κ3) is 2.44. The summed E-state index contributed by atoms with van der Waals surface area (Å²) in [5, 5.41) is 3.66. The van der Waals surface area contributed by atoms with E-state index in [-0.39, 0.29) is 0 Å². The SMILES string of the molecule is CC(NC1CC1c1ccccc1)c1ccccn1. The summed E-state index contributed by atoms with van der Waals surface area (Å²) in [6, 6.07) is 17.8. The van der Waals surface area contributed by atoms with Crippen molar-refractivity contribution < 1.29 is 0 Å².